The summed E-state index contributed by atoms with van der Waals surface area (Å²) in [5, 5.41) is 21.5. The van der Waals surface area contributed by atoms with Crippen LogP contribution in [0.15, 0.2) is 23.3 Å². The number of Topliss-reactive ketones (excluding diaryl/α,β-unsaturated/α-hetero) is 1. The Bertz CT molecular complexity index is 742. The van der Waals surface area contributed by atoms with Crippen molar-refractivity contribution in [3.8, 4) is 0 Å². The van der Waals surface area contributed by atoms with Crippen molar-refractivity contribution in [2.75, 3.05) is 14.1 Å². The van der Waals surface area contributed by atoms with Gasteiger partial charge in [0.2, 0.25) is 0 Å². The minimum Gasteiger partial charge on any atom is -0.388 e. The Morgan fingerprint density at radius 3 is 2.77 bits per heavy atom. The van der Waals surface area contributed by atoms with Crippen LogP contribution >= 0.6 is 0 Å². The minimum absolute atomic E-state index is 0.136. The van der Waals surface area contributed by atoms with E-state index in [0.717, 1.165) is 36.8 Å². The molecule has 2 spiro atoms. The molecule has 3 fully saturated rings. The number of aliphatic hydroxyl groups is 2. The Labute approximate surface area is 154 Å². The predicted octanol–water partition coefficient (Wildman–Crippen LogP) is 1.59. The maximum absolute atomic E-state index is 12.6. The summed E-state index contributed by atoms with van der Waals surface area (Å²) in [7, 11) is 3.89. The molecule has 0 radical (unpaired) electrons. The first kappa shape index (κ1) is 17.1. The van der Waals surface area contributed by atoms with Crippen molar-refractivity contribution in [1.29, 1.82) is 0 Å². The normalized spacial score (nSPS) is 52.3. The summed E-state index contributed by atoms with van der Waals surface area (Å²) in [6.07, 6.45) is 7.32. The molecule has 0 amide bonds. The van der Waals surface area contributed by atoms with Crippen LogP contribution in [-0.4, -0.2) is 64.4 Å². The van der Waals surface area contributed by atoms with Gasteiger partial charge >= 0.3 is 0 Å². The van der Waals surface area contributed by atoms with Crippen molar-refractivity contribution in [3.05, 3.63) is 23.3 Å². The molecule has 0 aromatic carbocycles. The smallest absolute Gasteiger partial charge is 0.139 e. The number of rotatable bonds is 1. The molecule has 5 aliphatic rings. The van der Waals surface area contributed by atoms with Crippen molar-refractivity contribution in [2.24, 2.45) is 11.3 Å². The number of carbonyl (C=O) groups is 1. The third-order valence-corrected chi connectivity index (χ3v) is 8.22. The van der Waals surface area contributed by atoms with Gasteiger partial charge in [-0.05, 0) is 57.3 Å². The van der Waals surface area contributed by atoms with Gasteiger partial charge in [-0.25, -0.2) is 0 Å². The van der Waals surface area contributed by atoms with Crippen molar-refractivity contribution >= 4 is 5.78 Å². The summed E-state index contributed by atoms with van der Waals surface area (Å²) < 4.78 is 6.92. The molecule has 0 aromatic heterocycles. The Kier molecular flexibility index (Phi) is 3.34. The number of hydrogen-bond acceptors (Lipinski definition) is 5. The maximum atomic E-state index is 12.6. The lowest BCUT2D eigenvalue weighted by Gasteiger charge is -2.55. The molecule has 2 bridgehead atoms. The van der Waals surface area contributed by atoms with Crippen LogP contribution < -0.4 is 0 Å². The van der Waals surface area contributed by atoms with Gasteiger partial charge in [0.25, 0.3) is 0 Å². The molecular formula is C21H29NO4. The van der Waals surface area contributed by atoms with Crippen LogP contribution in [0.3, 0.4) is 0 Å². The van der Waals surface area contributed by atoms with Gasteiger partial charge in [0, 0.05) is 23.8 Å². The first-order valence-corrected chi connectivity index (χ1v) is 9.92. The number of hydrogen-bond donors (Lipinski definition) is 2. The second kappa shape index (κ2) is 5.07. The van der Waals surface area contributed by atoms with Gasteiger partial charge < -0.3 is 19.8 Å². The van der Waals surface area contributed by atoms with E-state index < -0.39 is 17.8 Å². The molecule has 142 valence electrons. The van der Waals surface area contributed by atoms with Crippen molar-refractivity contribution < 1.29 is 19.7 Å². The third-order valence-electron chi connectivity index (χ3n) is 8.22. The Morgan fingerprint density at radius 2 is 2.04 bits per heavy atom. The molecule has 2 aliphatic heterocycles. The number of ether oxygens (including phenoxy) is 1. The average molecular weight is 359 g/mol. The van der Waals surface area contributed by atoms with Crippen LogP contribution in [0.4, 0.5) is 0 Å². The molecule has 0 aromatic rings. The van der Waals surface area contributed by atoms with Crippen LogP contribution in [0, 0.1) is 11.3 Å². The second-order valence-corrected chi connectivity index (χ2v) is 9.55. The standard InChI is InChI=1S/C21H29NO4/c1-19-7-6-12-10-13-17(24)18(25)14(22(2)3)11-20(13)8-9-21(12,26-20)15(19)4-5-16(19)23/h6,10,14-15,17-18,24-25H,4-5,7-9,11H2,1-3H3/t14-,15+,17+,18+,19-,20?,21+/m0/s1. The largest absolute Gasteiger partial charge is 0.388 e. The van der Waals surface area contributed by atoms with E-state index in [4.69, 9.17) is 4.74 Å². The van der Waals surface area contributed by atoms with E-state index in [1.54, 1.807) is 0 Å². The number of ketones is 1. The SMILES string of the molecule is CN(C)[C@H]1CC23CC[C@@]4(O2)C(=CC[C@]2(C)C(=O)CC[C@H]24)C=C3[C@@H](O)[C@@H]1O. The number of fused-ring (bicyclic) bond motifs is 1. The summed E-state index contributed by atoms with van der Waals surface area (Å²) >= 11 is 0. The lowest BCUT2D eigenvalue weighted by molar-refractivity contribution is -0.167. The maximum Gasteiger partial charge on any atom is 0.139 e. The van der Waals surface area contributed by atoms with E-state index >= 15 is 0 Å². The van der Waals surface area contributed by atoms with Crippen LogP contribution in [0.1, 0.15) is 45.4 Å². The summed E-state index contributed by atoms with van der Waals surface area (Å²) in [5.74, 6) is 0.596. The molecule has 5 nitrogen and oxygen atoms in total. The zero-order valence-electron chi connectivity index (χ0n) is 15.9. The van der Waals surface area contributed by atoms with E-state index in [2.05, 4.69) is 19.1 Å². The van der Waals surface area contributed by atoms with Crippen molar-refractivity contribution in [3.63, 3.8) is 0 Å². The van der Waals surface area contributed by atoms with E-state index in [0.29, 0.717) is 18.6 Å². The summed E-state index contributed by atoms with van der Waals surface area (Å²) in [4.78, 5) is 14.6. The molecule has 2 saturated carbocycles. The molecule has 26 heavy (non-hydrogen) atoms. The van der Waals surface area contributed by atoms with Crippen LogP contribution in [0.5, 0.6) is 0 Å². The fourth-order valence-electron chi connectivity index (χ4n) is 6.70. The van der Waals surface area contributed by atoms with Crippen LogP contribution in [0.2, 0.25) is 0 Å². The molecular weight excluding hydrogens is 330 g/mol. The first-order valence-electron chi connectivity index (χ1n) is 9.92. The number of nitrogens with zero attached hydrogens (tertiary/aromatic N) is 1. The molecule has 5 rings (SSSR count). The van der Waals surface area contributed by atoms with Gasteiger partial charge in [-0.1, -0.05) is 19.1 Å². The van der Waals surface area contributed by atoms with E-state index in [9.17, 15) is 15.0 Å². The van der Waals surface area contributed by atoms with Gasteiger partial charge in [0.15, 0.2) is 0 Å². The Morgan fingerprint density at radius 1 is 1.27 bits per heavy atom. The summed E-state index contributed by atoms with van der Waals surface area (Å²) in [6, 6.07) is -0.136. The van der Waals surface area contributed by atoms with Gasteiger partial charge in [-0.2, -0.15) is 0 Å². The Balaban J connectivity index is 1.63. The first-order chi connectivity index (χ1) is 12.2. The highest BCUT2D eigenvalue weighted by atomic mass is 16.5. The fourth-order valence-corrected chi connectivity index (χ4v) is 6.70. The van der Waals surface area contributed by atoms with E-state index in [1.807, 2.05) is 19.0 Å². The van der Waals surface area contributed by atoms with Gasteiger partial charge in [0.05, 0.1) is 17.3 Å². The highest BCUT2D eigenvalue weighted by molar-refractivity contribution is 5.88. The van der Waals surface area contributed by atoms with Gasteiger partial charge in [0.1, 0.15) is 11.9 Å². The van der Waals surface area contributed by atoms with E-state index in [1.165, 1.54) is 0 Å². The zero-order valence-corrected chi connectivity index (χ0v) is 15.9. The number of allylic oxidation sites excluding steroid dienone is 1. The van der Waals surface area contributed by atoms with Gasteiger partial charge in [-0.15, -0.1) is 0 Å². The third kappa shape index (κ3) is 1.83. The number of likely N-dealkylation sites (N-methyl/N-ethyl adjacent to an activating group) is 1. The molecule has 2 heterocycles. The minimum atomic E-state index is -0.897. The molecule has 5 heteroatoms. The van der Waals surface area contributed by atoms with Gasteiger partial charge in [-0.3, -0.25) is 4.79 Å². The molecule has 1 saturated heterocycles. The highest BCUT2D eigenvalue weighted by Crippen LogP contribution is 2.65. The average Bonchev–Trinajstić information content (AvgIpc) is 3.07. The van der Waals surface area contributed by atoms with E-state index in [-0.39, 0.29) is 23.0 Å². The topological polar surface area (TPSA) is 70.0 Å². The molecule has 1 unspecified atom stereocenters. The lowest BCUT2D eigenvalue weighted by Crippen LogP contribution is -2.62. The molecule has 3 aliphatic carbocycles. The second-order valence-electron chi connectivity index (χ2n) is 9.55. The lowest BCUT2D eigenvalue weighted by atomic mass is 9.61. The predicted molar refractivity (Wildman–Crippen MR) is 96.5 cm³/mol. The highest BCUT2D eigenvalue weighted by Gasteiger charge is 2.68. The van der Waals surface area contributed by atoms with Crippen molar-refractivity contribution in [2.45, 2.75) is 74.9 Å². The summed E-state index contributed by atoms with van der Waals surface area (Å²) in [6.45, 7) is 2.12. The van der Waals surface area contributed by atoms with Crippen LogP contribution in [0.25, 0.3) is 0 Å². The Hall–Kier alpha value is -1.01. The monoisotopic (exact) mass is 359 g/mol. The molecule has 7 atom stereocenters. The van der Waals surface area contributed by atoms with Crippen LogP contribution in [-0.2, 0) is 9.53 Å². The quantitative estimate of drug-likeness (QED) is 0.744. The zero-order chi connectivity index (χ0) is 18.5. The molecule has 2 N–H and O–H groups in total. The summed E-state index contributed by atoms with van der Waals surface area (Å²) in [5.41, 5.74) is 0.771. The fraction of sp³-hybridized carbons (Fsp3) is 0.762. The number of aliphatic hydroxyl groups excluding tert-OH is 2. The number of carbonyl (C=O) groups excluding carboxylic acids is 1. The van der Waals surface area contributed by atoms with Crippen molar-refractivity contribution in [1.82, 2.24) is 4.90 Å².